The van der Waals surface area contributed by atoms with Gasteiger partial charge in [0.25, 0.3) is 0 Å². The minimum absolute atomic E-state index is 0.439. The monoisotopic (exact) mass is 225 g/mol. The normalized spacial score (nSPS) is 19.2. The molecule has 16 heavy (non-hydrogen) atoms. The SMILES string of the molecule is CCCCCCNC(N)=NCC1(C)CCC1. The van der Waals surface area contributed by atoms with Crippen LogP contribution in [0, 0.1) is 5.41 Å². The summed E-state index contributed by atoms with van der Waals surface area (Å²) < 4.78 is 0. The van der Waals surface area contributed by atoms with Gasteiger partial charge in [-0.15, -0.1) is 0 Å². The number of hydrogen-bond acceptors (Lipinski definition) is 1. The lowest BCUT2D eigenvalue weighted by molar-refractivity contribution is 0.173. The Morgan fingerprint density at radius 1 is 1.31 bits per heavy atom. The number of aliphatic imine (C=N–C) groups is 1. The zero-order valence-electron chi connectivity index (χ0n) is 10.9. The maximum atomic E-state index is 5.81. The minimum atomic E-state index is 0.439. The number of hydrogen-bond donors (Lipinski definition) is 2. The fourth-order valence-electron chi connectivity index (χ4n) is 2.04. The molecule has 3 nitrogen and oxygen atoms in total. The van der Waals surface area contributed by atoms with E-state index in [1.165, 1.54) is 44.9 Å². The molecule has 0 amide bonds. The van der Waals surface area contributed by atoms with E-state index in [1.54, 1.807) is 0 Å². The molecule has 1 saturated carbocycles. The molecule has 94 valence electrons. The van der Waals surface area contributed by atoms with Crippen LogP contribution in [0.4, 0.5) is 0 Å². The molecule has 0 aromatic carbocycles. The number of nitrogens with one attached hydrogen (secondary N) is 1. The van der Waals surface area contributed by atoms with Gasteiger partial charge in [-0.25, -0.2) is 0 Å². The third-order valence-electron chi connectivity index (χ3n) is 3.53. The van der Waals surface area contributed by atoms with Gasteiger partial charge >= 0.3 is 0 Å². The van der Waals surface area contributed by atoms with Crippen molar-refractivity contribution in [1.82, 2.24) is 5.32 Å². The van der Waals surface area contributed by atoms with Crippen LogP contribution in [-0.4, -0.2) is 19.0 Å². The molecular formula is C13H27N3. The summed E-state index contributed by atoms with van der Waals surface area (Å²) in [6.45, 7) is 6.38. The van der Waals surface area contributed by atoms with E-state index in [-0.39, 0.29) is 0 Å². The molecule has 0 saturated heterocycles. The van der Waals surface area contributed by atoms with Crippen molar-refractivity contribution in [3.05, 3.63) is 0 Å². The zero-order chi connectivity index (χ0) is 11.9. The zero-order valence-corrected chi connectivity index (χ0v) is 10.9. The lowest BCUT2D eigenvalue weighted by Crippen LogP contribution is -2.35. The van der Waals surface area contributed by atoms with E-state index in [9.17, 15) is 0 Å². The van der Waals surface area contributed by atoms with Gasteiger partial charge in [-0.1, -0.05) is 39.5 Å². The number of nitrogens with two attached hydrogens (primary N) is 1. The van der Waals surface area contributed by atoms with E-state index in [0.717, 1.165) is 13.1 Å². The van der Waals surface area contributed by atoms with Crippen molar-refractivity contribution in [1.29, 1.82) is 0 Å². The van der Waals surface area contributed by atoms with E-state index >= 15 is 0 Å². The van der Waals surface area contributed by atoms with Gasteiger partial charge in [0.15, 0.2) is 5.96 Å². The molecule has 1 rings (SSSR count). The minimum Gasteiger partial charge on any atom is -0.370 e. The van der Waals surface area contributed by atoms with Crippen LogP contribution in [0.5, 0.6) is 0 Å². The maximum absolute atomic E-state index is 5.81. The smallest absolute Gasteiger partial charge is 0.188 e. The Kier molecular flexibility index (Phi) is 5.64. The first-order valence-corrected chi connectivity index (χ1v) is 6.70. The molecular weight excluding hydrogens is 198 g/mol. The van der Waals surface area contributed by atoms with Crippen molar-refractivity contribution >= 4 is 5.96 Å². The highest BCUT2D eigenvalue weighted by Crippen LogP contribution is 2.40. The van der Waals surface area contributed by atoms with E-state index < -0.39 is 0 Å². The van der Waals surface area contributed by atoms with Crippen LogP contribution in [-0.2, 0) is 0 Å². The van der Waals surface area contributed by atoms with Crippen molar-refractivity contribution < 1.29 is 0 Å². The fraction of sp³-hybridized carbons (Fsp3) is 0.923. The Morgan fingerprint density at radius 2 is 2.06 bits per heavy atom. The summed E-state index contributed by atoms with van der Waals surface area (Å²) in [6.07, 6.45) is 9.05. The van der Waals surface area contributed by atoms with Crippen molar-refractivity contribution in [3.8, 4) is 0 Å². The van der Waals surface area contributed by atoms with Gasteiger partial charge in [0.2, 0.25) is 0 Å². The van der Waals surface area contributed by atoms with Gasteiger partial charge < -0.3 is 11.1 Å². The summed E-state index contributed by atoms with van der Waals surface area (Å²) in [5.41, 5.74) is 6.25. The van der Waals surface area contributed by atoms with Crippen molar-refractivity contribution in [2.75, 3.05) is 13.1 Å². The third kappa shape index (κ3) is 4.86. The predicted octanol–water partition coefficient (Wildman–Crippen LogP) is 2.66. The van der Waals surface area contributed by atoms with Gasteiger partial charge in [0.05, 0.1) is 0 Å². The van der Waals surface area contributed by atoms with Gasteiger partial charge in [0.1, 0.15) is 0 Å². The number of unbranched alkanes of at least 4 members (excludes halogenated alkanes) is 3. The second-order valence-corrected chi connectivity index (χ2v) is 5.35. The Balaban J connectivity index is 2.04. The second-order valence-electron chi connectivity index (χ2n) is 5.35. The highest BCUT2D eigenvalue weighted by molar-refractivity contribution is 5.77. The topological polar surface area (TPSA) is 50.4 Å². The molecule has 0 aromatic rings. The lowest BCUT2D eigenvalue weighted by atomic mass is 9.71. The second kappa shape index (κ2) is 6.77. The van der Waals surface area contributed by atoms with Crippen molar-refractivity contribution in [2.24, 2.45) is 16.1 Å². The predicted molar refractivity (Wildman–Crippen MR) is 70.6 cm³/mol. The van der Waals surface area contributed by atoms with Crippen molar-refractivity contribution in [3.63, 3.8) is 0 Å². The number of nitrogens with zero attached hydrogens (tertiary/aromatic N) is 1. The molecule has 3 N–H and O–H groups in total. The summed E-state index contributed by atoms with van der Waals surface area (Å²) in [7, 11) is 0. The summed E-state index contributed by atoms with van der Waals surface area (Å²) in [5, 5.41) is 3.19. The van der Waals surface area contributed by atoms with Crippen LogP contribution in [0.1, 0.15) is 58.8 Å². The fourth-order valence-corrected chi connectivity index (χ4v) is 2.04. The average Bonchev–Trinajstić information content (AvgIpc) is 2.23. The molecule has 1 aliphatic carbocycles. The van der Waals surface area contributed by atoms with E-state index in [4.69, 9.17) is 5.73 Å². The molecule has 1 fully saturated rings. The molecule has 1 aliphatic rings. The molecule has 0 heterocycles. The maximum Gasteiger partial charge on any atom is 0.188 e. The van der Waals surface area contributed by atoms with E-state index in [2.05, 4.69) is 24.2 Å². The summed E-state index contributed by atoms with van der Waals surface area (Å²) in [6, 6.07) is 0. The molecule has 3 heteroatoms. The van der Waals surface area contributed by atoms with Gasteiger partial charge in [-0.05, 0) is 24.7 Å². The van der Waals surface area contributed by atoms with Crippen molar-refractivity contribution in [2.45, 2.75) is 58.8 Å². The molecule has 0 unspecified atom stereocenters. The van der Waals surface area contributed by atoms with E-state index in [1.807, 2.05) is 0 Å². The highest BCUT2D eigenvalue weighted by Gasteiger charge is 2.31. The van der Waals surface area contributed by atoms with Crippen LogP contribution < -0.4 is 11.1 Å². The third-order valence-corrected chi connectivity index (χ3v) is 3.53. The molecule has 0 spiro atoms. The molecule has 0 radical (unpaired) electrons. The lowest BCUT2D eigenvalue weighted by Gasteiger charge is -2.36. The largest absolute Gasteiger partial charge is 0.370 e. The molecule has 0 atom stereocenters. The van der Waals surface area contributed by atoms with Crippen LogP contribution in [0.2, 0.25) is 0 Å². The Morgan fingerprint density at radius 3 is 2.62 bits per heavy atom. The summed E-state index contributed by atoms with van der Waals surface area (Å²) in [5.74, 6) is 0.629. The summed E-state index contributed by atoms with van der Waals surface area (Å²) >= 11 is 0. The molecule has 0 bridgehead atoms. The first-order chi connectivity index (χ1) is 7.66. The summed E-state index contributed by atoms with van der Waals surface area (Å²) in [4.78, 5) is 4.42. The number of rotatable bonds is 7. The van der Waals surface area contributed by atoms with Crippen LogP contribution >= 0.6 is 0 Å². The molecule has 0 aromatic heterocycles. The Hall–Kier alpha value is -0.730. The van der Waals surface area contributed by atoms with Gasteiger partial charge in [-0.3, -0.25) is 4.99 Å². The quantitative estimate of drug-likeness (QED) is 0.397. The van der Waals surface area contributed by atoms with Crippen LogP contribution in [0.15, 0.2) is 4.99 Å². The Bertz CT molecular complexity index is 219. The highest BCUT2D eigenvalue weighted by atomic mass is 15.1. The van der Waals surface area contributed by atoms with E-state index in [0.29, 0.717) is 11.4 Å². The average molecular weight is 225 g/mol. The van der Waals surface area contributed by atoms with Gasteiger partial charge in [-0.2, -0.15) is 0 Å². The van der Waals surface area contributed by atoms with Crippen LogP contribution in [0.3, 0.4) is 0 Å². The first-order valence-electron chi connectivity index (χ1n) is 6.70. The molecule has 0 aliphatic heterocycles. The Labute approximate surface area is 99.9 Å². The first kappa shape index (κ1) is 13.3. The number of guanidine groups is 1. The van der Waals surface area contributed by atoms with Crippen LogP contribution in [0.25, 0.3) is 0 Å². The standard InChI is InChI=1S/C13H27N3/c1-3-4-5-6-10-15-12(14)16-11-13(2)8-7-9-13/h3-11H2,1-2H3,(H3,14,15,16). The van der Waals surface area contributed by atoms with Gasteiger partial charge in [0, 0.05) is 13.1 Å².